The van der Waals surface area contributed by atoms with Crippen LogP contribution >= 0.6 is 0 Å². The van der Waals surface area contributed by atoms with Crippen molar-refractivity contribution in [3.63, 3.8) is 0 Å². The van der Waals surface area contributed by atoms with Crippen molar-refractivity contribution in [1.29, 1.82) is 0 Å². The minimum Gasteiger partial charge on any atom is -0.309 e. The minimum atomic E-state index is 0.425. The van der Waals surface area contributed by atoms with Crippen molar-refractivity contribution in [1.82, 2.24) is 10.2 Å². The Morgan fingerprint density at radius 2 is 1.81 bits per heavy atom. The van der Waals surface area contributed by atoms with Crippen LogP contribution in [0.25, 0.3) is 0 Å². The molecule has 1 N–H and O–H groups in total. The fourth-order valence-corrected chi connectivity index (χ4v) is 2.69. The van der Waals surface area contributed by atoms with Gasteiger partial charge in [-0.2, -0.15) is 0 Å². The lowest BCUT2D eigenvalue weighted by molar-refractivity contribution is 0.219. The quantitative estimate of drug-likeness (QED) is 0.722. The monoisotopic (exact) mass is 290 g/mol. The second kappa shape index (κ2) is 9.22. The molecule has 0 aliphatic rings. The summed E-state index contributed by atoms with van der Waals surface area (Å²) in [6.07, 6.45) is 3.70. The molecule has 2 heteroatoms. The second-order valence-corrected chi connectivity index (χ2v) is 6.43. The number of nitrogens with zero attached hydrogens (tertiary/aromatic N) is 1. The topological polar surface area (TPSA) is 15.3 Å². The van der Waals surface area contributed by atoms with E-state index in [9.17, 15) is 0 Å². The Kier molecular flexibility index (Phi) is 7.98. The zero-order valence-electron chi connectivity index (χ0n) is 14.9. The lowest BCUT2D eigenvalue weighted by Gasteiger charge is -2.30. The molecule has 1 rings (SSSR count). The van der Waals surface area contributed by atoms with Gasteiger partial charge >= 0.3 is 0 Å². The Bertz CT molecular complexity index is 414. The third kappa shape index (κ3) is 5.80. The Balaban J connectivity index is 2.81. The largest absolute Gasteiger partial charge is 0.309 e. The van der Waals surface area contributed by atoms with Gasteiger partial charge in [0.05, 0.1) is 0 Å². The molecule has 0 aromatic heterocycles. The van der Waals surface area contributed by atoms with E-state index in [-0.39, 0.29) is 0 Å². The highest BCUT2D eigenvalue weighted by atomic mass is 15.1. The molecule has 120 valence electrons. The van der Waals surface area contributed by atoms with Gasteiger partial charge < -0.3 is 10.2 Å². The van der Waals surface area contributed by atoms with E-state index in [1.54, 1.807) is 0 Å². The van der Waals surface area contributed by atoms with Crippen molar-refractivity contribution in [2.75, 3.05) is 20.1 Å². The van der Waals surface area contributed by atoms with Gasteiger partial charge in [0.25, 0.3) is 0 Å². The maximum atomic E-state index is 3.72. The van der Waals surface area contributed by atoms with Gasteiger partial charge in [-0.3, -0.25) is 0 Å². The summed E-state index contributed by atoms with van der Waals surface area (Å²) < 4.78 is 0. The van der Waals surface area contributed by atoms with Gasteiger partial charge in [-0.05, 0) is 63.9 Å². The number of likely N-dealkylation sites (N-methyl/N-ethyl adjacent to an activating group) is 1. The van der Waals surface area contributed by atoms with Crippen molar-refractivity contribution in [3.05, 3.63) is 34.9 Å². The van der Waals surface area contributed by atoms with Gasteiger partial charge in [0.15, 0.2) is 0 Å². The molecule has 2 atom stereocenters. The van der Waals surface area contributed by atoms with Gasteiger partial charge in [0.1, 0.15) is 0 Å². The number of hydrogen-bond acceptors (Lipinski definition) is 2. The first-order valence-electron chi connectivity index (χ1n) is 8.50. The fraction of sp³-hybridized carbons (Fsp3) is 0.684. The zero-order valence-corrected chi connectivity index (χ0v) is 14.9. The molecule has 0 saturated carbocycles. The molecule has 0 saturated heterocycles. The Labute approximate surface area is 131 Å². The van der Waals surface area contributed by atoms with Crippen LogP contribution in [0.3, 0.4) is 0 Å². The van der Waals surface area contributed by atoms with E-state index in [2.05, 4.69) is 70.1 Å². The molecule has 21 heavy (non-hydrogen) atoms. The van der Waals surface area contributed by atoms with Crippen molar-refractivity contribution < 1.29 is 0 Å². The number of nitrogens with one attached hydrogen (secondary N) is 1. The molecule has 0 spiro atoms. The average Bonchev–Trinajstić information content (AvgIpc) is 2.46. The number of rotatable bonds is 9. The van der Waals surface area contributed by atoms with Crippen LogP contribution in [0, 0.1) is 13.8 Å². The SMILES string of the molecule is CCCNC(CN(C)C(C)CCC)c1ccc(C)c(C)c1. The first kappa shape index (κ1) is 18.2. The van der Waals surface area contributed by atoms with E-state index >= 15 is 0 Å². The van der Waals surface area contributed by atoms with E-state index < -0.39 is 0 Å². The lowest BCUT2D eigenvalue weighted by Crippen LogP contribution is -2.38. The van der Waals surface area contributed by atoms with Gasteiger partial charge in [-0.25, -0.2) is 0 Å². The maximum absolute atomic E-state index is 3.72. The molecule has 0 fully saturated rings. The standard InChI is InChI=1S/C19H34N2/c1-7-9-17(5)21(6)14-19(20-12-8-2)18-11-10-15(3)16(4)13-18/h10-11,13,17,19-20H,7-9,12,14H2,1-6H3. The molecule has 0 aliphatic heterocycles. The molecule has 0 amide bonds. The summed E-state index contributed by atoms with van der Waals surface area (Å²) in [6, 6.07) is 7.96. The second-order valence-electron chi connectivity index (χ2n) is 6.43. The first-order chi connectivity index (χ1) is 9.99. The Morgan fingerprint density at radius 1 is 1.10 bits per heavy atom. The van der Waals surface area contributed by atoms with E-state index in [0.29, 0.717) is 12.1 Å². The van der Waals surface area contributed by atoms with Gasteiger partial charge in [0, 0.05) is 18.6 Å². The zero-order chi connectivity index (χ0) is 15.8. The molecular formula is C19H34N2. The summed E-state index contributed by atoms with van der Waals surface area (Å²) in [7, 11) is 2.25. The van der Waals surface area contributed by atoms with Gasteiger partial charge in [0.2, 0.25) is 0 Å². The van der Waals surface area contributed by atoms with E-state index in [0.717, 1.165) is 13.1 Å². The van der Waals surface area contributed by atoms with E-state index in [1.165, 1.54) is 36.0 Å². The molecule has 2 unspecified atom stereocenters. The first-order valence-corrected chi connectivity index (χ1v) is 8.50. The van der Waals surface area contributed by atoms with Gasteiger partial charge in [-0.1, -0.05) is 38.5 Å². The maximum Gasteiger partial charge on any atom is 0.0449 e. The average molecular weight is 290 g/mol. The molecule has 0 bridgehead atoms. The van der Waals surface area contributed by atoms with Crippen LogP contribution in [-0.4, -0.2) is 31.1 Å². The summed E-state index contributed by atoms with van der Waals surface area (Å²) in [5.41, 5.74) is 4.18. The van der Waals surface area contributed by atoms with Crippen molar-refractivity contribution in [2.24, 2.45) is 0 Å². The highest BCUT2D eigenvalue weighted by molar-refractivity contribution is 5.32. The van der Waals surface area contributed by atoms with Crippen molar-refractivity contribution in [3.8, 4) is 0 Å². The number of hydrogen-bond donors (Lipinski definition) is 1. The molecule has 2 nitrogen and oxygen atoms in total. The van der Waals surface area contributed by atoms with Crippen LogP contribution < -0.4 is 5.32 Å². The summed E-state index contributed by atoms with van der Waals surface area (Å²) >= 11 is 0. The van der Waals surface area contributed by atoms with Crippen LogP contribution in [-0.2, 0) is 0 Å². The van der Waals surface area contributed by atoms with E-state index in [4.69, 9.17) is 0 Å². The Morgan fingerprint density at radius 3 is 2.38 bits per heavy atom. The smallest absolute Gasteiger partial charge is 0.0449 e. The predicted molar refractivity (Wildman–Crippen MR) is 94.0 cm³/mol. The number of benzene rings is 1. The number of aryl methyl sites for hydroxylation is 2. The van der Waals surface area contributed by atoms with Crippen LogP contribution in [0.2, 0.25) is 0 Å². The summed E-state index contributed by atoms with van der Waals surface area (Å²) in [6.45, 7) is 13.4. The highest BCUT2D eigenvalue weighted by Gasteiger charge is 2.17. The van der Waals surface area contributed by atoms with Crippen LogP contribution in [0.5, 0.6) is 0 Å². The van der Waals surface area contributed by atoms with Crippen LogP contribution in [0.4, 0.5) is 0 Å². The summed E-state index contributed by atoms with van der Waals surface area (Å²) in [5, 5.41) is 3.72. The minimum absolute atomic E-state index is 0.425. The van der Waals surface area contributed by atoms with Crippen LogP contribution in [0.15, 0.2) is 18.2 Å². The van der Waals surface area contributed by atoms with Crippen LogP contribution in [0.1, 0.15) is 62.8 Å². The molecule has 1 aromatic carbocycles. The normalized spacial score (nSPS) is 14.4. The Hall–Kier alpha value is -0.860. The van der Waals surface area contributed by atoms with Crippen molar-refractivity contribution >= 4 is 0 Å². The third-order valence-corrected chi connectivity index (χ3v) is 4.50. The lowest BCUT2D eigenvalue weighted by atomic mass is 10.00. The van der Waals surface area contributed by atoms with Crippen molar-refractivity contribution in [2.45, 2.75) is 66.0 Å². The van der Waals surface area contributed by atoms with Gasteiger partial charge in [-0.15, -0.1) is 0 Å². The third-order valence-electron chi connectivity index (χ3n) is 4.50. The summed E-state index contributed by atoms with van der Waals surface area (Å²) in [5.74, 6) is 0. The molecule has 0 radical (unpaired) electrons. The molecule has 1 aromatic rings. The predicted octanol–water partition coefficient (Wildman–Crippen LogP) is 4.46. The molecule has 0 heterocycles. The summed E-state index contributed by atoms with van der Waals surface area (Å²) in [4.78, 5) is 2.49. The highest BCUT2D eigenvalue weighted by Crippen LogP contribution is 2.19. The fourth-order valence-electron chi connectivity index (χ4n) is 2.69. The molecular weight excluding hydrogens is 256 g/mol. The molecule has 0 aliphatic carbocycles. The van der Waals surface area contributed by atoms with E-state index in [1.807, 2.05) is 0 Å².